The van der Waals surface area contributed by atoms with E-state index in [4.69, 9.17) is 4.65 Å². The fraction of sp³-hybridized carbons (Fsp3) is 0.500. The molecule has 1 aliphatic carbocycles. The van der Waals surface area contributed by atoms with Crippen molar-refractivity contribution in [3.8, 4) is 5.75 Å². The maximum Gasteiger partial charge on any atom is 0.455 e. The van der Waals surface area contributed by atoms with Crippen LogP contribution in [-0.4, -0.2) is 58.8 Å². The predicted molar refractivity (Wildman–Crippen MR) is 128 cm³/mol. The highest BCUT2D eigenvalue weighted by atomic mass is 79.9. The van der Waals surface area contributed by atoms with E-state index < -0.39 is 25.1 Å². The summed E-state index contributed by atoms with van der Waals surface area (Å²) in [6, 6.07) is 5.28. The van der Waals surface area contributed by atoms with Gasteiger partial charge in [0.1, 0.15) is 5.75 Å². The summed E-state index contributed by atoms with van der Waals surface area (Å²) in [4.78, 5) is 26.6. The smallest absolute Gasteiger partial charge is 0.455 e. The average Bonchev–Trinajstić information content (AvgIpc) is 3.01. The lowest BCUT2D eigenvalue weighted by Crippen LogP contribution is -2.46. The Morgan fingerprint density at radius 2 is 2.06 bits per heavy atom. The molecule has 3 N–H and O–H groups in total. The number of amides is 2. The minimum absolute atomic E-state index is 0.196. The van der Waals surface area contributed by atoms with Gasteiger partial charge in [-0.2, -0.15) is 0 Å². The van der Waals surface area contributed by atoms with Crippen LogP contribution in [0.15, 0.2) is 39.4 Å². The summed E-state index contributed by atoms with van der Waals surface area (Å²) in [5, 5.41) is 30.8. The summed E-state index contributed by atoms with van der Waals surface area (Å²) >= 11 is 3.43. The first kappa shape index (κ1) is 24.2. The Morgan fingerprint density at radius 1 is 1.30 bits per heavy atom. The number of likely N-dealkylation sites (tertiary alicyclic amines) is 1. The Labute approximate surface area is 202 Å². The van der Waals surface area contributed by atoms with Gasteiger partial charge in [0.05, 0.1) is 24.5 Å². The standard InChI is InChI=1S/C24H29BBrNO6/c1-3-13(8-14-9-16(26)5-6-19(14)29)4-7-20-21-15(12-28)10-17-22(18(21)11-25(32)33-20)24(31)27(2)23(17)30/h5-6,8-9,17-18,20,22,28-29,32H,3-4,7,10-12H2,1-2H3/b13-8+/t17-,18+,20-,22-/m1/s1. The average molecular weight is 518 g/mol. The monoisotopic (exact) mass is 517 g/mol. The number of imide groups is 1. The second-order valence-electron chi connectivity index (χ2n) is 9.11. The highest BCUT2D eigenvalue weighted by Crippen LogP contribution is 2.50. The zero-order valence-electron chi connectivity index (χ0n) is 18.8. The van der Waals surface area contributed by atoms with E-state index in [2.05, 4.69) is 15.9 Å². The number of aliphatic hydroxyl groups is 1. The number of carbonyl (C=O) groups is 2. The second-order valence-corrected chi connectivity index (χ2v) is 10.0. The van der Waals surface area contributed by atoms with Gasteiger partial charge in [0.15, 0.2) is 0 Å². The molecular formula is C24H29BBrNO6. The number of hydrogen-bond donors (Lipinski definition) is 3. The van der Waals surface area contributed by atoms with Crippen LogP contribution in [0.3, 0.4) is 0 Å². The molecule has 1 aromatic rings. The molecule has 0 bridgehead atoms. The molecule has 2 heterocycles. The van der Waals surface area contributed by atoms with Crippen molar-refractivity contribution in [1.29, 1.82) is 0 Å². The molecule has 3 aliphatic rings. The molecule has 0 unspecified atom stereocenters. The largest absolute Gasteiger partial charge is 0.507 e. The Kier molecular flexibility index (Phi) is 7.14. The molecule has 7 nitrogen and oxygen atoms in total. The molecular weight excluding hydrogens is 489 g/mol. The zero-order valence-corrected chi connectivity index (χ0v) is 20.4. The number of aromatic hydroxyl groups is 1. The summed E-state index contributed by atoms with van der Waals surface area (Å²) < 4.78 is 6.78. The molecule has 2 fully saturated rings. The van der Waals surface area contributed by atoms with E-state index in [0.717, 1.165) is 33.2 Å². The summed E-state index contributed by atoms with van der Waals surface area (Å²) in [5.74, 6) is -1.52. The van der Waals surface area contributed by atoms with Crippen LogP contribution in [0.5, 0.6) is 5.75 Å². The maximum atomic E-state index is 12.8. The minimum Gasteiger partial charge on any atom is -0.507 e. The summed E-state index contributed by atoms with van der Waals surface area (Å²) in [6.07, 6.45) is 4.11. The third kappa shape index (κ3) is 4.56. The van der Waals surface area contributed by atoms with Gasteiger partial charge in [0, 0.05) is 17.1 Å². The number of fused-ring (bicyclic) bond motifs is 3. The first-order chi connectivity index (χ1) is 15.7. The molecule has 2 saturated heterocycles. The molecule has 2 aliphatic heterocycles. The molecule has 0 saturated carbocycles. The molecule has 0 spiro atoms. The van der Waals surface area contributed by atoms with Crippen LogP contribution in [0.2, 0.25) is 6.32 Å². The Balaban J connectivity index is 1.60. The van der Waals surface area contributed by atoms with Crippen LogP contribution in [-0.2, 0) is 14.2 Å². The lowest BCUT2D eigenvalue weighted by molar-refractivity contribution is -0.138. The molecule has 4 atom stereocenters. The van der Waals surface area contributed by atoms with Crippen molar-refractivity contribution in [3.63, 3.8) is 0 Å². The van der Waals surface area contributed by atoms with Crippen molar-refractivity contribution in [1.82, 2.24) is 4.90 Å². The molecule has 4 rings (SSSR count). The van der Waals surface area contributed by atoms with Crippen molar-refractivity contribution in [2.45, 2.75) is 45.0 Å². The van der Waals surface area contributed by atoms with Gasteiger partial charge in [-0.05, 0) is 67.3 Å². The van der Waals surface area contributed by atoms with Crippen molar-refractivity contribution in [3.05, 3.63) is 45.0 Å². The highest BCUT2D eigenvalue weighted by Gasteiger charge is 2.56. The molecule has 176 valence electrons. The first-order valence-corrected chi connectivity index (χ1v) is 12.2. The molecule has 2 amide bonds. The van der Waals surface area contributed by atoms with Gasteiger partial charge in [-0.15, -0.1) is 0 Å². The first-order valence-electron chi connectivity index (χ1n) is 11.4. The quantitative estimate of drug-likeness (QED) is 0.304. The van der Waals surface area contributed by atoms with Gasteiger partial charge < -0.3 is 19.9 Å². The number of phenolic OH excluding ortho intramolecular Hbond substituents is 1. The third-order valence-corrected chi connectivity index (χ3v) is 7.74. The number of aliphatic hydroxyl groups excluding tert-OH is 1. The van der Waals surface area contributed by atoms with Crippen LogP contribution in [0.1, 0.15) is 38.2 Å². The number of carbonyl (C=O) groups excluding carboxylic acids is 2. The van der Waals surface area contributed by atoms with E-state index in [9.17, 15) is 24.8 Å². The summed E-state index contributed by atoms with van der Waals surface area (Å²) in [5.41, 5.74) is 3.45. The molecule has 9 heteroatoms. The van der Waals surface area contributed by atoms with Crippen LogP contribution in [0.25, 0.3) is 6.08 Å². The maximum absolute atomic E-state index is 12.8. The number of phenols is 1. The van der Waals surface area contributed by atoms with Crippen LogP contribution in [0.4, 0.5) is 0 Å². The van der Waals surface area contributed by atoms with Gasteiger partial charge in [-0.25, -0.2) is 0 Å². The lowest BCUT2D eigenvalue weighted by atomic mass is 9.58. The van der Waals surface area contributed by atoms with Gasteiger partial charge in [-0.3, -0.25) is 14.5 Å². The van der Waals surface area contributed by atoms with Crippen molar-refractivity contribution in [2.24, 2.45) is 17.8 Å². The summed E-state index contributed by atoms with van der Waals surface area (Å²) in [7, 11) is 0.476. The van der Waals surface area contributed by atoms with Crippen molar-refractivity contribution in [2.75, 3.05) is 13.7 Å². The predicted octanol–water partition coefficient (Wildman–Crippen LogP) is 3.15. The molecule has 0 radical (unpaired) electrons. The lowest BCUT2D eigenvalue weighted by Gasteiger charge is -2.43. The number of halogens is 1. The fourth-order valence-corrected chi connectivity index (χ4v) is 5.97. The van der Waals surface area contributed by atoms with Gasteiger partial charge >= 0.3 is 7.12 Å². The molecule has 33 heavy (non-hydrogen) atoms. The van der Waals surface area contributed by atoms with Gasteiger partial charge in [0.2, 0.25) is 11.8 Å². The highest BCUT2D eigenvalue weighted by molar-refractivity contribution is 9.10. The van der Waals surface area contributed by atoms with E-state index in [1.165, 1.54) is 11.9 Å². The zero-order chi connectivity index (χ0) is 23.9. The SMILES string of the molecule is CC/C(=C\c1cc(Br)ccc1O)CC[C@H]1OB(O)C[C@H]2C1=C(CO)C[C@H]1C(=O)N(C)C(=O)[C@H]12. The Morgan fingerprint density at radius 3 is 2.76 bits per heavy atom. The van der Waals surface area contributed by atoms with Crippen molar-refractivity contribution >= 4 is 40.9 Å². The van der Waals surface area contributed by atoms with Crippen LogP contribution < -0.4 is 0 Å². The number of hydrogen-bond acceptors (Lipinski definition) is 6. The minimum atomic E-state index is -1.03. The Bertz CT molecular complexity index is 1020. The van der Waals surface area contributed by atoms with E-state index >= 15 is 0 Å². The third-order valence-electron chi connectivity index (χ3n) is 7.25. The fourth-order valence-electron chi connectivity index (χ4n) is 5.60. The van der Waals surface area contributed by atoms with Crippen molar-refractivity contribution < 1.29 is 29.5 Å². The van der Waals surface area contributed by atoms with Gasteiger partial charge in [0.25, 0.3) is 0 Å². The number of rotatable bonds is 6. The van der Waals surface area contributed by atoms with E-state index in [0.29, 0.717) is 19.3 Å². The van der Waals surface area contributed by atoms with Gasteiger partial charge in [-0.1, -0.05) is 34.5 Å². The number of allylic oxidation sites excluding steroid dienone is 1. The number of nitrogens with zero attached hydrogens (tertiary/aromatic N) is 1. The topological polar surface area (TPSA) is 107 Å². The number of benzene rings is 1. The normalized spacial score (nSPS) is 27.8. The van der Waals surface area contributed by atoms with Crippen LogP contribution >= 0.6 is 15.9 Å². The molecule has 1 aromatic carbocycles. The summed E-state index contributed by atoms with van der Waals surface area (Å²) in [6.45, 7) is 1.85. The van der Waals surface area contributed by atoms with E-state index in [1.54, 1.807) is 12.1 Å². The van der Waals surface area contributed by atoms with E-state index in [-0.39, 0.29) is 36.4 Å². The second kappa shape index (κ2) is 9.74. The molecule has 0 aromatic heterocycles. The Hall–Kier alpha value is -1.94. The van der Waals surface area contributed by atoms with Crippen LogP contribution in [0, 0.1) is 17.8 Å². The van der Waals surface area contributed by atoms with E-state index in [1.807, 2.05) is 19.1 Å².